The fraction of sp³-hybridized carbons (Fsp3) is 0.455. The Labute approximate surface area is 177 Å². The van der Waals surface area contributed by atoms with Crippen molar-refractivity contribution in [2.45, 2.75) is 32.5 Å². The van der Waals surface area contributed by atoms with Crippen LogP contribution < -0.4 is 4.90 Å². The molecule has 5 rings (SSSR count). The number of fused-ring (bicyclic) bond motifs is 1. The number of aryl methyl sites for hydroxylation is 1. The summed E-state index contributed by atoms with van der Waals surface area (Å²) in [4.78, 5) is 14.3. The molecule has 30 heavy (non-hydrogen) atoms. The van der Waals surface area contributed by atoms with Crippen molar-refractivity contribution in [1.29, 1.82) is 0 Å². The van der Waals surface area contributed by atoms with Gasteiger partial charge in [0.1, 0.15) is 17.0 Å². The van der Waals surface area contributed by atoms with Crippen LogP contribution in [0.25, 0.3) is 10.2 Å². The molecule has 8 heteroatoms. The monoisotopic (exact) mass is 432 g/mol. The van der Waals surface area contributed by atoms with Crippen LogP contribution in [-0.2, 0) is 13.0 Å². The molecule has 0 radical (unpaired) electrons. The Kier molecular flexibility index (Phi) is 4.74. The summed E-state index contributed by atoms with van der Waals surface area (Å²) in [5, 5.41) is 0.745. The molecule has 0 atom stereocenters. The van der Waals surface area contributed by atoms with Crippen LogP contribution in [0, 0.1) is 12.3 Å². The van der Waals surface area contributed by atoms with Crippen molar-refractivity contribution in [1.82, 2.24) is 14.9 Å². The molecule has 4 heterocycles. The normalized spacial score (nSPS) is 19.0. The van der Waals surface area contributed by atoms with E-state index in [1.165, 1.54) is 17.5 Å². The number of alkyl halides is 3. The van der Waals surface area contributed by atoms with E-state index in [4.69, 9.17) is 0 Å². The summed E-state index contributed by atoms with van der Waals surface area (Å²) in [5.74, 6) is 0.777. The number of halogens is 3. The topological polar surface area (TPSA) is 32.3 Å². The van der Waals surface area contributed by atoms with Crippen LogP contribution in [0.1, 0.15) is 22.4 Å². The largest absolute Gasteiger partial charge is 0.393 e. The van der Waals surface area contributed by atoms with Crippen LogP contribution in [0.5, 0.6) is 0 Å². The molecular weight excluding hydrogens is 409 g/mol. The Morgan fingerprint density at radius 1 is 1.13 bits per heavy atom. The number of hydrogen-bond donors (Lipinski definition) is 0. The first-order chi connectivity index (χ1) is 14.3. The van der Waals surface area contributed by atoms with Crippen LogP contribution in [0.2, 0.25) is 0 Å². The Morgan fingerprint density at radius 2 is 1.97 bits per heavy atom. The molecule has 0 saturated carbocycles. The first-order valence-corrected chi connectivity index (χ1v) is 10.9. The van der Waals surface area contributed by atoms with Crippen molar-refractivity contribution in [3.8, 4) is 0 Å². The second kappa shape index (κ2) is 7.20. The van der Waals surface area contributed by atoms with Gasteiger partial charge in [0.05, 0.1) is 11.8 Å². The number of benzene rings is 1. The zero-order valence-electron chi connectivity index (χ0n) is 16.7. The fourth-order valence-electron chi connectivity index (χ4n) is 4.89. The highest BCUT2D eigenvalue weighted by Gasteiger charge is 2.47. The average Bonchev–Trinajstić information content (AvgIpc) is 3.23. The van der Waals surface area contributed by atoms with Crippen molar-refractivity contribution in [3.05, 3.63) is 52.7 Å². The maximum absolute atomic E-state index is 12.8. The van der Waals surface area contributed by atoms with E-state index in [9.17, 15) is 13.2 Å². The third kappa shape index (κ3) is 3.90. The van der Waals surface area contributed by atoms with E-state index in [-0.39, 0.29) is 5.41 Å². The van der Waals surface area contributed by atoms with E-state index >= 15 is 0 Å². The minimum atomic E-state index is -4.21. The van der Waals surface area contributed by atoms with Crippen LogP contribution in [0.3, 0.4) is 0 Å². The highest BCUT2D eigenvalue weighted by molar-refractivity contribution is 7.18. The lowest BCUT2D eigenvalue weighted by Crippen LogP contribution is -2.56. The minimum absolute atomic E-state index is 0.256. The molecule has 1 aromatic carbocycles. The van der Waals surface area contributed by atoms with E-state index in [0.717, 1.165) is 61.7 Å². The van der Waals surface area contributed by atoms with Gasteiger partial charge in [0.2, 0.25) is 0 Å². The molecule has 2 aliphatic rings. The van der Waals surface area contributed by atoms with Gasteiger partial charge >= 0.3 is 6.18 Å². The van der Waals surface area contributed by atoms with Crippen LogP contribution in [0.15, 0.2) is 36.7 Å². The lowest BCUT2D eigenvalue weighted by molar-refractivity contribution is -0.126. The summed E-state index contributed by atoms with van der Waals surface area (Å²) in [6.45, 7) is 6.96. The third-order valence-corrected chi connectivity index (χ3v) is 7.12. The lowest BCUT2D eigenvalue weighted by Gasteiger charge is -2.48. The first kappa shape index (κ1) is 19.8. The van der Waals surface area contributed by atoms with Gasteiger partial charge in [0.15, 0.2) is 0 Å². The van der Waals surface area contributed by atoms with Gasteiger partial charge in [-0.2, -0.15) is 13.2 Å². The average molecular weight is 433 g/mol. The van der Waals surface area contributed by atoms with Gasteiger partial charge in [0, 0.05) is 43.0 Å². The molecule has 2 saturated heterocycles. The number of hydrogen-bond acceptors (Lipinski definition) is 5. The summed E-state index contributed by atoms with van der Waals surface area (Å²) >= 11 is 1.11. The van der Waals surface area contributed by atoms with Crippen molar-refractivity contribution < 1.29 is 13.2 Å². The molecule has 4 nitrogen and oxygen atoms in total. The van der Waals surface area contributed by atoms with Gasteiger partial charge in [-0.25, -0.2) is 9.97 Å². The van der Waals surface area contributed by atoms with Gasteiger partial charge in [-0.05, 0) is 25.0 Å². The highest BCUT2D eigenvalue weighted by atomic mass is 32.1. The zero-order chi connectivity index (χ0) is 20.9. The lowest BCUT2D eigenvalue weighted by atomic mass is 9.79. The number of rotatable bonds is 4. The first-order valence-electron chi connectivity index (χ1n) is 10.1. The predicted molar refractivity (Wildman–Crippen MR) is 113 cm³/mol. The Morgan fingerprint density at radius 3 is 2.73 bits per heavy atom. The molecule has 0 N–H and O–H groups in total. The Balaban J connectivity index is 1.28. The number of anilines is 1. The summed E-state index contributed by atoms with van der Waals surface area (Å²) in [6.07, 6.45) is -2.56. The molecule has 3 aromatic rings. The summed E-state index contributed by atoms with van der Waals surface area (Å²) in [7, 11) is 0. The van der Waals surface area contributed by atoms with E-state index in [1.54, 1.807) is 6.07 Å². The summed E-state index contributed by atoms with van der Waals surface area (Å²) in [6, 6.07) is 10.2. The van der Waals surface area contributed by atoms with Crippen molar-refractivity contribution >= 4 is 27.4 Å². The zero-order valence-corrected chi connectivity index (χ0v) is 17.6. The molecule has 0 bridgehead atoms. The SMILES string of the molecule is Cc1cccc(CN2CC3(CCN(c4ncnc5sc(CC(F)(F)F)cc45)C3)C2)c1. The van der Waals surface area contributed by atoms with Crippen molar-refractivity contribution in [2.24, 2.45) is 5.41 Å². The number of thiophene rings is 1. The van der Waals surface area contributed by atoms with E-state index in [1.807, 2.05) is 0 Å². The van der Waals surface area contributed by atoms with E-state index in [0.29, 0.717) is 9.71 Å². The highest BCUT2D eigenvalue weighted by Crippen LogP contribution is 2.43. The predicted octanol–water partition coefficient (Wildman–Crippen LogP) is 4.82. The standard InChI is InChI=1S/C22H23F3N4S/c1-15-3-2-4-16(7-15)10-28-11-21(12-28)5-6-29(13-21)19-18-8-17(9-22(23,24)25)30-20(18)27-14-26-19/h2-4,7-8,14H,5-6,9-13H2,1H3. The third-order valence-electron chi connectivity index (χ3n) is 6.08. The van der Waals surface area contributed by atoms with Crippen LogP contribution >= 0.6 is 11.3 Å². The number of nitrogens with zero attached hydrogens (tertiary/aromatic N) is 4. The fourth-order valence-corrected chi connectivity index (χ4v) is 5.91. The quantitative estimate of drug-likeness (QED) is 0.592. The second-order valence-corrected chi connectivity index (χ2v) is 9.84. The molecule has 2 fully saturated rings. The van der Waals surface area contributed by atoms with Gasteiger partial charge in [-0.1, -0.05) is 29.8 Å². The molecule has 0 aliphatic carbocycles. The maximum atomic E-state index is 12.8. The molecule has 2 aromatic heterocycles. The number of aromatic nitrogens is 2. The van der Waals surface area contributed by atoms with E-state index in [2.05, 4.69) is 51.0 Å². The van der Waals surface area contributed by atoms with Crippen molar-refractivity contribution in [2.75, 3.05) is 31.1 Å². The molecule has 0 amide bonds. The summed E-state index contributed by atoms with van der Waals surface area (Å²) < 4.78 is 38.4. The Bertz CT molecular complexity index is 1070. The summed E-state index contributed by atoms with van der Waals surface area (Å²) in [5.41, 5.74) is 2.88. The van der Waals surface area contributed by atoms with E-state index < -0.39 is 12.6 Å². The van der Waals surface area contributed by atoms with Crippen LogP contribution in [0.4, 0.5) is 19.0 Å². The number of likely N-dealkylation sites (tertiary alicyclic amines) is 1. The Hall–Kier alpha value is -2.19. The van der Waals surface area contributed by atoms with Gasteiger partial charge in [-0.3, -0.25) is 4.90 Å². The molecule has 158 valence electrons. The molecule has 2 aliphatic heterocycles. The van der Waals surface area contributed by atoms with Crippen LogP contribution in [-0.4, -0.2) is 47.2 Å². The molecule has 1 spiro atoms. The van der Waals surface area contributed by atoms with Gasteiger partial charge < -0.3 is 4.90 Å². The van der Waals surface area contributed by atoms with Gasteiger partial charge in [0.25, 0.3) is 0 Å². The van der Waals surface area contributed by atoms with Crippen molar-refractivity contribution in [3.63, 3.8) is 0 Å². The molecule has 0 unspecified atom stereocenters. The minimum Gasteiger partial charge on any atom is -0.355 e. The maximum Gasteiger partial charge on any atom is 0.393 e. The second-order valence-electron chi connectivity index (χ2n) is 8.73. The smallest absolute Gasteiger partial charge is 0.355 e. The molecular formula is C22H23F3N4S. The van der Waals surface area contributed by atoms with Gasteiger partial charge in [-0.15, -0.1) is 11.3 Å².